The molecule has 1 aliphatic heterocycles. The normalized spacial score (nSPS) is 13.7. The molecule has 0 aliphatic carbocycles. The van der Waals surface area contributed by atoms with Gasteiger partial charge in [0, 0.05) is 18.0 Å². The number of hydrogen-bond donors (Lipinski definition) is 1. The first kappa shape index (κ1) is 17.2. The molecule has 138 valence electrons. The van der Waals surface area contributed by atoms with Gasteiger partial charge in [0.15, 0.2) is 0 Å². The molecule has 0 radical (unpaired) electrons. The highest BCUT2D eigenvalue weighted by Crippen LogP contribution is 2.31. The molecule has 4 rings (SSSR count). The van der Waals surface area contributed by atoms with Gasteiger partial charge in [-0.15, -0.1) is 0 Å². The molecule has 1 aromatic heterocycles. The van der Waals surface area contributed by atoms with Gasteiger partial charge in [-0.1, -0.05) is 6.07 Å². The SMILES string of the molecule is CC(Cn1cncn1)NC(=O)c1cc(F)cc(-c2ccc3c(c2)CCO3)c1. The van der Waals surface area contributed by atoms with Crippen LogP contribution in [-0.4, -0.2) is 33.3 Å². The topological polar surface area (TPSA) is 69.0 Å². The Balaban J connectivity index is 1.54. The standard InChI is InChI=1S/C20H19FN4O2/c1-13(10-25-12-22-11-23-25)24-20(26)17-7-16(8-18(21)9-17)14-2-3-19-15(6-14)4-5-27-19/h2-3,6-9,11-13H,4-5,10H2,1H3,(H,24,26). The summed E-state index contributed by atoms with van der Waals surface area (Å²) in [6, 6.07) is 9.98. The van der Waals surface area contributed by atoms with Crippen LogP contribution in [0.25, 0.3) is 11.1 Å². The highest BCUT2D eigenvalue weighted by Gasteiger charge is 2.16. The zero-order valence-electron chi connectivity index (χ0n) is 14.9. The number of rotatable bonds is 5. The summed E-state index contributed by atoms with van der Waals surface area (Å²) in [5.41, 5.74) is 2.92. The van der Waals surface area contributed by atoms with Gasteiger partial charge < -0.3 is 10.1 Å². The number of amides is 1. The Morgan fingerprint density at radius 2 is 2.19 bits per heavy atom. The number of nitrogens with one attached hydrogen (secondary N) is 1. The number of hydrogen-bond acceptors (Lipinski definition) is 4. The fourth-order valence-electron chi connectivity index (χ4n) is 3.21. The fourth-order valence-corrected chi connectivity index (χ4v) is 3.21. The minimum absolute atomic E-state index is 0.178. The second-order valence-corrected chi connectivity index (χ2v) is 6.64. The summed E-state index contributed by atoms with van der Waals surface area (Å²) in [6.45, 7) is 3.01. The number of aromatic nitrogens is 3. The maximum atomic E-state index is 14.2. The van der Waals surface area contributed by atoms with Crippen LogP contribution in [0.3, 0.4) is 0 Å². The predicted octanol–water partition coefficient (Wildman–Crippen LogP) is 2.84. The van der Waals surface area contributed by atoms with E-state index in [0.29, 0.717) is 18.7 Å². The number of benzene rings is 2. The minimum Gasteiger partial charge on any atom is -0.493 e. The molecule has 0 bridgehead atoms. The molecule has 1 unspecified atom stereocenters. The molecule has 27 heavy (non-hydrogen) atoms. The molecule has 0 spiro atoms. The maximum Gasteiger partial charge on any atom is 0.251 e. The number of carbonyl (C=O) groups is 1. The van der Waals surface area contributed by atoms with Gasteiger partial charge in [-0.25, -0.2) is 9.37 Å². The lowest BCUT2D eigenvalue weighted by molar-refractivity contribution is 0.0935. The summed E-state index contributed by atoms with van der Waals surface area (Å²) in [4.78, 5) is 16.4. The summed E-state index contributed by atoms with van der Waals surface area (Å²) in [7, 11) is 0. The first-order valence-electron chi connectivity index (χ1n) is 8.78. The van der Waals surface area contributed by atoms with Crippen LogP contribution in [0.15, 0.2) is 49.1 Å². The summed E-state index contributed by atoms with van der Waals surface area (Å²) in [6.07, 6.45) is 3.86. The van der Waals surface area contributed by atoms with Crippen molar-refractivity contribution in [3.8, 4) is 16.9 Å². The summed E-state index contributed by atoms with van der Waals surface area (Å²) in [5, 5.41) is 6.88. The van der Waals surface area contributed by atoms with Crippen LogP contribution in [0.4, 0.5) is 4.39 Å². The Kier molecular flexibility index (Phi) is 4.58. The Labute approximate surface area is 156 Å². The molecule has 1 amide bonds. The van der Waals surface area contributed by atoms with Crippen LogP contribution in [0.5, 0.6) is 5.75 Å². The molecule has 1 N–H and O–H groups in total. The number of ether oxygens (including phenoxy) is 1. The lowest BCUT2D eigenvalue weighted by Gasteiger charge is -2.14. The molecule has 3 aromatic rings. The van der Waals surface area contributed by atoms with Gasteiger partial charge in [0.05, 0.1) is 13.2 Å². The highest BCUT2D eigenvalue weighted by atomic mass is 19.1. The predicted molar refractivity (Wildman–Crippen MR) is 98.0 cm³/mol. The van der Waals surface area contributed by atoms with Gasteiger partial charge in [0.25, 0.3) is 5.91 Å². The van der Waals surface area contributed by atoms with E-state index in [2.05, 4.69) is 15.4 Å². The molecule has 1 aliphatic rings. The van der Waals surface area contributed by atoms with Crippen molar-refractivity contribution in [2.75, 3.05) is 6.61 Å². The molecule has 0 saturated carbocycles. The van der Waals surface area contributed by atoms with E-state index in [1.54, 1.807) is 17.1 Å². The number of nitrogens with zero attached hydrogens (tertiary/aromatic N) is 3. The number of carbonyl (C=O) groups excluding carboxylic acids is 1. The van der Waals surface area contributed by atoms with Crippen LogP contribution in [0.1, 0.15) is 22.8 Å². The molecular formula is C20H19FN4O2. The lowest BCUT2D eigenvalue weighted by atomic mass is 9.99. The Morgan fingerprint density at radius 3 is 3.00 bits per heavy atom. The molecular weight excluding hydrogens is 347 g/mol. The van der Waals surface area contributed by atoms with Crippen LogP contribution in [-0.2, 0) is 13.0 Å². The van der Waals surface area contributed by atoms with E-state index >= 15 is 0 Å². The zero-order chi connectivity index (χ0) is 18.8. The van der Waals surface area contributed by atoms with E-state index in [9.17, 15) is 9.18 Å². The van der Waals surface area contributed by atoms with E-state index in [0.717, 1.165) is 23.3 Å². The monoisotopic (exact) mass is 366 g/mol. The second kappa shape index (κ2) is 7.19. The highest BCUT2D eigenvalue weighted by molar-refractivity contribution is 5.95. The average molecular weight is 366 g/mol. The van der Waals surface area contributed by atoms with E-state index in [-0.39, 0.29) is 17.5 Å². The summed E-state index contributed by atoms with van der Waals surface area (Å²) < 4.78 is 21.3. The fraction of sp³-hybridized carbons (Fsp3) is 0.250. The van der Waals surface area contributed by atoms with E-state index in [4.69, 9.17) is 4.74 Å². The molecule has 6 nitrogen and oxygen atoms in total. The van der Waals surface area contributed by atoms with Crippen molar-refractivity contribution in [3.63, 3.8) is 0 Å². The van der Waals surface area contributed by atoms with Crippen molar-refractivity contribution < 1.29 is 13.9 Å². The van der Waals surface area contributed by atoms with Crippen molar-refractivity contribution in [1.29, 1.82) is 0 Å². The molecule has 7 heteroatoms. The Morgan fingerprint density at radius 1 is 1.30 bits per heavy atom. The van der Waals surface area contributed by atoms with Gasteiger partial charge >= 0.3 is 0 Å². The second-order valence-electron chi connectivity index (χ2n) is 6.64. The van der Waals surface area contributed by atoms with Gasteiger partial charge in [-0.05, 0) is 53.9 Å². The van der Waals surface area contributed by atoms with E-state index < -0.39 is 5.82 Å². The van der Waals surface area contributed by atoms with Crippen molar-refractivity contribution in [1.82, 2.24) is 20.1 Å². The molecule has 2 heterocycles. The van der Waals surface area contributed by atoms with E-state index in [1.165, 1.54) is 18.5 Å². The number of halogens is 1. The summed E-state index contributed by atoms with van der Waals surface area (Å²) in [5.74, 6) is 0.0984. The third-order valence-electron chi connectivity index (χ3n) is 4.49. The van der Waals surface area contributed by atoms with Crippen LogP contribution in [0.2, 0.25) is 0 Å². The van der Waals surface area contributed by atoms with Gasteiger partial charge in [0.2, 0.25) is 0 Å². The zero-order valence-corrected chi connectivity index (χ0v) is 14.9. The summed E-state index contributed by atoms with van der Waals surface area (Å²) >= 11 is 0. The number of fused-ring (bicyclic) bond motifs is 1. The van der Waals surface area contributed by atoms with Gasteiger partial charge in [-0.2, -0.15) is 5.10 Å². The minimum atomic E-state index is -0.446. The molecule has 1 atom stereocenters. The van der Waals surface area contributed by atoms with Crippen LogP contribution < -0.4 is 10.1 Å². The quantitative estimate of drug-likeness (QED) is 0.754. The van der Waals surface area contributed by atoms with E-state index in [1.807, 2.05) is 25.1 Å². The first-order chi connectivity index (χ1) is 13.1. The Hall–Kier alpha value is -3.22. The first-order valence-corrected chi connectivity index (χ1v) is 8.78. The lowest BCUT2D eigenvalue weighted by Crippen LogP contribution is -2.35. The average Bonchev–Trinajstić information content (AvgIpc) is 3.31. The van der Waals surface area contributed by atoms with Gasteiger partial charge in [0.1, 0.15) is 24.2 Å². The molecule has 0 fully saturated rings. The third-order valence-corrected chi connectivity index (χ3v) is 4.49. The molecule has 0 saturated heterocycles. The largest absolute Gasteiger partial charge is 0.493 e. The van der Waals surface area contributed by atoms with Crippen molar-refractivity contribution in [3.05, 3.63) is 66.0 Å². The van der Waals surface area contributed by atoms with Crippen molar-refractivity contribution in [2.45, 2.75) is 25.9 Å². The third kappa shape index (κ3) is 3.81. The van der Waals surface area contributed by atoms with Gasteiger partial charge in [-0.3, -0.25) is 9.48 Å². The van der Waals surface area contributed by atoms with Crippen molar-refractivity contribution in [2.24, 2.45) is 0 Å². The maximum absolute atomic E-state index is 14.2. The Bertz CT molecular complexity index is 972. The van der Waals surface area contributed by atoms with Crippen LogP contribution in [0, 0.1) is 5.82 Å². The molecule has 2 aromatic carbocycles. The van der Waals surface area contributed by atoms with Crippen LogP contribution >= 0.6 is 0 Å². The van der Waals surface area contributed by atoms with Crippen molar-refractivity contribution >= 4 is 5.91 Å². The smallest absolute Gasteiger partial charge is 0.251 e.